The number of benzene rings is 3. The van der Waals surface area contributed by atoms with Crippen molar-refractivity contribution < 1.29 is 9.53 Å². The molecule has 0 aliphatic carbocycles. The van der Waals surface area contributed by atoms with Gasteiger partial charge in [0.2, 0.25) is 5.95 Å². The van der Waals surface area contributed by atoms with Crippen LogP contribution in [0.3, 0.4) is 0 Å². The molecule has 33 heavy (non-hydrogen) atoms. The van der Waals surface area contributed by atoms with Gasteiger partial charge in [-0.3, -0.25) is 4.79 Å². The second kappa shape index (κ2) is 8.63. The minimum absolute atomic E-state index is 0.200. The first kappa shape index (κ1) is 20.5. The monoisotopic (exact) mass is 437 g/mol. The fourth-order valence-corrected chi connectivity index (χ4v) is 3.97. The lowest BCUT2D eigenvalue weighted by molar-refractivity contribution is -0.113. The van der Waals surface area contributed by atoms with E-state index in [0.29, 0.717) is 17.3 Å². The van der Waals surface area contributed by atoms with Crippen molar-refractivity contribution in [3.63, 3.8) is 0 Å². The molecular formula is C26H23N5O2. The highest BCUT2D eigenvalue weighted by Crippen LogP contribution is 2.37. The molecule has 1 aliphatic heterocycles. The number of carbonyl (C=O) groups excluding carboxylic acids is 1. The molecule has 0 radical (unpaired) electrons. The Kier molecular flexibility index (Phi) is 5.36. The first-order valence-electron chi connectivity index (χ1n) is 10.6. The summed E-state index contributed by atoms with van der Waals surface area (Å²) in [6.45, 7) is 1.89. The largest absolute Gasteiger partial charge is 0.497 e. The Morgan fingerprint density at radius 2 is 1.64 bits per heavy atom. The molecule has 4 aromatic rings. The summed E-state index contributed by atoms with van der Waals surface area (Å²) in [5, 5.41) is 11.1. The van der Waals surface area contributed by atoms with Gasteiger partial charge in [-0.25, -0.2) is 4.68 Å². The molecule has 164 valence electrons. The Morgan fingerprint density at radius 1 is 0.970 bits per heavy atom. The molecule has 2 N–H and O–H groups in total. The van der Waals surface area contributed by atoms with Gasteiger partial charge in [0.25, 0.3) is 5.91 Å². The number of carbonyl (C=O) groups is 1. The summed E-state index contributed by atoms with van der Waals surface area (Å²) in [7, 11) is 1.63. The third-order valence-corrected chi connectivity index (χ3v) is 5.59. The zero-order valence-electron chi connectivity index (χ0n) is 18.3. The maximum atomic E-state index is 13.5. The van der Waals surface area contributed by atoms with Crippen LogP contribution < -0.4 is 15.4 Å². The van der Waals surface area contributed by atoms with E-state index in [1.807, 2.05) is 91.9 Å². The van der Waals surface area contributed by atoms with Crippen LogP contribution in [0.4, 0.5) is 11.6 Å². The smallest absolute Gasteiger partial charge is 0.255 e. The van der Waals surface area contributed by atoms with E-state index in [1.54, 1.807) is 11.8 Å². The van der Waals surface area contributed by atoms with E-state index in [0.717, 1.165) is 28.3 Å². The van der Waals surface area contributed by atoms with Crippen molar-refractivity contribution in [3.8, 4) is 17.1 Å². The summed E-state index contributed by atoms with van der Waals surface area (Å²) in [4.78, 5) is 18.2. The van der Waals surface area contributed by atoms with Gasteiger partial charge in [0.05, 0.1) is 12.7 Å². The van der Waals surface area contributed by atoms with Gasteiger partial charge in [-0.05, 0) is 36.8 Å². The summed E-state index contributed by atoms with van der Waals surface area (Å²) in [5.74, 6) is 1.72. The highest BCUT2D eigenvalue weighted by Gasteiger charge is 2.34. The normalized spacial score (nSPS) is 14.9. The van der Waals surface area contributed by atoms with E-state index in [9.17, 15) is 4.79 Å². The Balaban J connectivity index is 1.60. The number of nitrogens with one attached hydrogen (secondary N) is 2. The Morgan fingerprint density at radius 3 is 2.30 bits per heavy atom. The highest BCUT2D eigenvalue weighted by atomic mass is 16.5. The van der Waals surface area contributed by atoms with Gasteiger partial charge in [-0.2, -0.15) is 4.98 Å². The van der Waals surface area contributed by atoms with Crippen LogP contribution in [-0.4, -0.2) is 27.8 Å². The number of hydrogen-bond acceptors (Lipinski definition) is 5. The Bertz CT molecular complexity index is 1310. The van der Waals surface area contributed by atoms with Gasteiger partial charge in [-0.1, -0.05) is 60.7 Å². The molecule has 2 heterocycles. The van der Waals surface area contributed by atoms with Crippen molar-refractivity contribution >= 4 is 17.5 Å². The van der Waals surface area contributed by atoms with Crippen LogP contribution in [0.5, 0.6) is 5.75 Å². The first-order chi connectivity index (χ1) is 16.1. The molecule has 0 bridgehead atoms. The second-order valence-electron chi connectivity index (χ2n) is 7.73. The van der Waals surface area contributed by atoms with Crippen molar-refractivity contribution in [1.29, 1.82) is 0 Å². The second-order valence-corrected chi connectivity index (χ2v) is 7.73. The minimum atomic E-state index is -0.458. The van der Waals surface area contributed by atoms with Gasteiger partial charge in [0.15, 0.2) is 5.82 Å². The molecule has 0 saturated carbocycles. The molecule has 1 unspecified atom stereocenters. The fraction of sp³-hybridized carbons (Fsp3) is 0.115. The number of ether oxygens (including phenoxy) is 1. The van der Waals surface area contributed by atoms with Gasteiger partial charge in [0.1, 0.15) is 11.8 Å². The summed E-state index contributed by atoms with van der Waals surface area (Å²) >= 11 is 0. The number of hydrogen-bond donors (Lipinski definition) is 2. The molecule has 1 aliphatic rings. The third kappa shape index (κ3) is 3.96. The third-order valence-electron chi connectivity index (χ3n) is 5.59. The van der Waals surface area contributed by atoms with Crippen LogP contribution in [-0.2, 0) is 4.79 Å². The van der Waals surface area contributed by atoms with E-state index in [4.69, 9.17) is 14.8 Å². The van der Waals surface area contributed by atoms with E-state index < -0.39 is 6.04 Å². The van der Waals surface area contributed by atoms with Gasteiger partial charge >= 0.3 is 0 Å². The van der Waals surface area contributed by atoms with Crippen LogP contribution in [0.15, 0.2) is 96.2 Å². The topological polar surface area (TPSA) is 81.1 Å². The average molecular weight is 438 g/mol. The van der Waals surface area contributed by atoms with Gasteiger partial charge in [0, 0.05) is 16.9 Å². The summed E-state index contributed by atoms with van der Waals surface area (Å²) in [5.41, 5.74) is 3.83. The van der Waals surface area contributed by atoms with Crippen LogP contribution in [0.25, 0.3) is 11.4 Å². The molecular weight excluding hydrogens is 414 g/mol. The van der Waals surface area contributed by atoms with Gasteiger partial charge in [-0.15, -0.1) is 5.10 Å². The molecule has 7 nitrogen and oxygen atoms in total. The maximum Gasteiger partial charge on any atom is 0.255 e. The molecule has 0 spiro atoms. The lowest BCUT2D eigenvalue weighted by atomic mass is 9.95. The van der Waals surface area contributed by atoms with Crippen LogP contribution in [0, 0.1) is 0 Å². The number of anilines is 2. The van der Waals surface area contributed by atoms with E-state index >= 15 is 0 Å². The molecule has 0 saturated heterocycles. The summed E-state index contributed by atoms with van der Waals surface area (Å²) in [6.07, 6.45) is 0. The lowest BCUT2D eigenvalue weighted by Gasteiger charge is -2.28. The van der Waals surface area contributed by atoms with E-state index in [-0.39, 0.29) is 5.91 Å². The molecule has 5 rings (SSSR count). The number of rotatable bonds is 5. The number of nitrogens with zero attached hydrogens (tertiary/aromatic N) is 3. The lowest BCUT2D eigenvalue weighted by Crippen LogP contribution is -2.31. The van der Waals surface area contributed by atoms with Crippen molar-refractivity contribution in [3.05, 3.63) is 102 Å². The van der Waals surface area contributed by atoms with E-state index in [1.165, 1.54) is 0 Å². The predicted molar refractivity (Wildman–Crippen MR) is 128 cm³/mol. The fourth-order valence-electron chi connectivity index (χ4n) is 3.97. The minimum Gasteiger partial charge on any atom is -0.497 e. The first-order valence-corrected chi connectivity index (χ1v) is 10.6. The molecule has 7 heteroatoms. The Hall–Kier alpha value is -4.39. The molecule has 1 atom stereocenters. The van der Waals surface area contributed by atoms with Crippen molar-refractivity contribution in [2.75, 3.05) is 17.7 Å². The maximum absolute atomic E-state index is 13.5. The number of amides is 1. The Labute approximate surface area is 191 Å². The summed E-state index contributed by atoms with van der Waals surface area (Å²) < 4.78 is 7.10. The summed E-state index contributed by atoms with van der Waals surface area (Å²) in [6, 6.07) is 26.4. The quantitative estimate of drug-likeness (QED) is 0.465. The zero-order chi connectivity index (χ0) is 22.8. The SMILES string of the molecule is COc1ccc(C2C(C(=O)Nc3ccccc3)=C(C)Nc3nc(-c4ccccc4)nn32)cc1. The van der Waals surface area contributed by atoms with Gasteiger partial charge < -0.3 is 15.4 Å². The highest BCUT2D eigenvalue weighted by molar-refractivity contribution is 6.06. The molecule has 0 fully saturated rings. The average Bonchev–Trinajstić information content (AvgIpc) is 3.28. The zero-order valence-corrected chi connectivity index (χ0v) is 18.3. The van der Waals surface area contributed by atoms with Crippen LogP contribution in [0.1, 0.15) is 18.5 Å². The predicted octanol–water partition coefficient (Wildman–Crippen LogP) is 4.88. The van der Waals surface area contributed by atoms with Crippen molar-refractivity contribution in [2.45, 2.75) is 13.0 Å². The van der Waals surface area contributed by atoms with E-state index in [2.05, 4.69) is 10.6 Å². The number of methoxy groups -OCH3 is 1. The molecule has 3 aromatic carbocycles. The molecule has 1 amide bonds. The van der Waals surface area contributed by atoms with Crippen molar-refractivity contribution in [1.82, 2.24) is 14.8 Å². The van der Waals surface area contributed by atoms with Crippen LogP contribution in [0.2, 0.25) is 0 Å². The number of aromatic nitrogens is 3. The van der Waals surface area contributed by atoms with Crippen LogP contribution >= 0.6 is 0 Å². The number of fused-ring (bicyclic) bond motifs is 1. The molecule has 1 aromatic heterocycles. The standard InChI is InChI=1S/C26H23N5O2/c1-17-22(25(32)28-20-11-7-4-8-12-20)23(18-13-15-21(33-2)16-14-18)31-26(27-17)29-24(30-31)19-9-5-3-6-10-19/h3-16,23H,1-2H3,(H,28,32)(H,27,29,30). The number of para-hydroxylation sites is 1. The number of allylic oxidation sites excluding steroid dienone is 1. The van der Waals surface area contributed by atoms with Crippen molar-refractivity contribution in [2.24, 2.45) is 0 Å².